The zero-order chi connectivity index (χ0) is 21.0. The van der Waals surface area contributed by atoms with Crippen LogP contribution in [-0.2, 0) is 25.7 Å². The van der Waals surface area contributed by atoms with Crippen LogP contribution < -0.4 is 9.64 Å². The number of nitrogens with zero attached hydrogens (tertiary/aromatic N) is 2. The lowest BCUT2D eigenvalue weighted by Crippen LogP contribution is -2.42. The lowest BCUT2D eigenvalue weighted by atomic mass is 10.1. The Morgan fingerprint density at radius 3 is 2.76 bits per heavy atom. The number of nitro benzene ring substituents is 1. The monoisotopic (exact) mass is 400 g/mol. The van der Waals surface area contributed by atoms with Crippen molar-refractivity contribution in [2.24, 2.45) is 0 Å². The van der Waals surface area contributed by atoms with Crippen molar-refractivity contribution < 1.29 is 33.5 Å². The zero-order valence-corrected chi connectivity index (χ0v) is 15.3. The third kappa shape index (κ3) is 4.49. The van der Waals surface area contributed by atoms with Crippen LogP contribution in [-0.4, -0.2) is 43.0 Å². The van der Waals surface area contributed by atoms with E-state index in [0.717, 1.165) is 4.90 Å². The first kappa shape index (κ1) is 19.8. The Bertz CT molecular complexity index is 988. The number of nitro groups is 1. The smallest absolute Gasteiger partial charge is 0.337 e. The van der Waals surface area contributed by atoms with Crippen molar-refractivity contribution in [3.8, 4) is 5.75 Å². The van der Waals surface area contributed by atoms with E-state index in [2.05, 4.69) is 4.74 Å². The molecule has 1 aliphatic rings. The standard InChI is InChI=1S/C19H16N2O8/c1-27-19(24)13-4-2-3-12(7-13)10-29-18(23)9-20-15-8-14(21(25)26)5-6-16(15)28-11-17(20)22/h2-8H,9-11H2,1H3. The second kappa shape index (κ2) is 8.38. The summed E-state index contributed by atoms with van der Waals surface area (Å²) in [6.07, 6.45) is 0. The van der Waals surface area contributed by atoms with E-state index in [4.69, 9.17) is 9.47 Å². The molecule has 150 valence electrons. The number of benzene rings is 2. The van der Waals surface area contributed by atoms with Crippen molar-refractivity contribution in [2.45, 2.75) is 6.61 Å². The number of anilines is 1. The first-order chi connectivity index (χ1) is 13.9. The van der Waals surface area contributed by atoms with Crippen LogP contribution in [0.3, 0.4) is 0 Å². The van der Waals surface area contributed by atoms with Crippen molar-refractivity contribution in [2.75, 3.05) is 25.2 Å². The molecule has 0 aliphatic carbocycles. The molecule has 0 spiro atoms. The van der Waals surface area contributed by atoms with Gasteiger partial charge in [0.2, 0.25) is 0 Å². The van der Waals surface area contributed by atoms with Gasteiger partial charge < -0.3 is 14.2 Å². The van der Waals surface area contributed by atoms with Gasteiger partial charge in [0.25, 0.3) is 11.6 Å². The highest BCUT2D eigenvalue weighted by atomic mass is 16.6. The molecule has 10 heteroatoms. The Hall–Kier alpha value is -3.95. The maximum absolute atomic E-state index is 12.3. The summed E-state index contributed by atoms with van der Waals surface area (Å²) in [6.45, 7) is -0.851. The van der Waals surface area contributed by atoms with Gasteiger partial charge in [0.15, 0.2) is 6.61 Å². The van der Waals surface area contributed by atoms with Gasteiger partial charge in [0.05, 0.1) is 23.3 Å². The van der Waals surface area contributed by atoms with Gasteiger partial charge in [-0.1, -0.05) is 12.1 Å². The van der Waals surface area contributed by atoms with Crippen LogP contribution in [0.25, 0.3) is 0 Å². The molecule has 2 aromatic rings. The summed E-state index contributed by atoms with van der Waals surface area (Å²) in [5, 5.41) is 11.0. The minimum Gasteiger partial charge on any atom is -0.482 e. The molecule has 0 atom stereocenters. The summed E-state index contributed by atoms with van der Waals surface area (Å²) in [6, 6.07) is 10.2. The number of amides is 1. The minimum atomic E-state index is -0.721. The first-order valence-electron chi connectivity index (χ1n) is 8.43. The van der Waals surface area contributed by atoms with Crippen LogP contribution in [0.4, 0.5) is 11.4 Å². The Balaban J connectivity index is 1.70. The van der Waals surface area contributed by atoms with E-state index < -0.39 is 29.3 Å². The zero-order valence-electron chi connectivity index (χ0n) is 15.3. The van der Waals surface area contributed by atoms with Gasteiger partial charge in [-0.3, -0.25) is 24.6 Å². The highest BCUT2D eigenvalue weighted by Gasteiger charge is 2.29. The van der Waals surface area contributed by atoms with Gasteiger partial charge in [0.1, 0.15) is 18.9 Å². The molecule has 0 radical (unpaired) electrons. The molecule has 1 heterocycles. The number of esters is 2. The van der Waals surface area contributed by atoms with Gasteiger partial charge in [-0.05, 0) is 23.8 Å². The number of hydrogen-bond donors (Lipinski definition) is 0. The van der Waals surface area contributed by atoms with Crippen LogP contribution >= 0.6 is 0 Å². The average Bonchev–Trinajstić information content (AvgIpc) is 2.73. The Kier molecular flexibility index (Phi) is 5.72. The molecule has 3 rings (SSSR count). The largest absolute Gasteiger partial charge is 0.482 e. The van der Waals surface area contributed by atoms with E-state index in [9.17, 15) is 24.5 Å². The summed E-state index contributed by atoms with van der Waals surface area (Å²) in [5.41, 5.74) is 0.761. The Morgan fingerprint density at radius 1 is 1.24 bits per heavy atom. The molecule has 0 aromatic heterocycles. The molecule has 0 saturated heterocycles. The van der Waals surface area contributed by atoms with Crippen LogP contribution in [0.1, 0.15) is 15.9 Å². The van der Waals surface area contributed by atoms with Crippen molar-refractivity contribution >= 4 is 29.2 Å². The highest BCUT2D eigenvalue weighted by Crippen LogP contribution is 2.35. The molecule has 1 aliphatic heterocycles. The number of non-ortho nitro benzene ring substituents is 1. The van der Waals surface area contributed by atoms with Crippen molar-refractivity contribution in [1.29, 1.82) is 0 Å². The predicted molar refractivity (Wildman–Crippen MR) is 98.5 cm³/mol. The fourth-order valence-corrected chi connectivity index (χ4v) is 2.72. The minimum absolute atomic E-state index is 0.121. The molecule has 10 nitrogen and oxygen atoms in total. The molecule has 0 saturated carbocycles. The number of carbonyl (C=O) groups excluding carboxylic acids is 3. The molecule has 29 heavy (non-hydrogen) atoms. The van der Waals surface area contributed by atoms with Gasteiger partial charge >= 0.3 is 11.9 Å². The summed E-state index contributed by atoms with van der Waals surface area (Å²) < 4.78 is 15.1. The van der Waals surface area contributed by atoms with Crippen LogP contribution in [0.5, 0.6) is 5.75 Å². The number of carbonyl (C=O) groups is 3. The molecular weight excluding hydrogens is 384 g/mol. The maximum Gasteiger partial charge on any atom is 0.337 e. The number of fused-ring (bicyclic) bond motifs is 1. The fraction of sp³-hybridized carbons (Fsp3) is 0.211. The lowest BCUT2D eigenvalue weighted by molar-refractivity contribution is -0.384. The third-order valence-electron chi connectivity index (χ3n) is 4.13. The van der Waals surface area contributed by atoms with Gasteiger partial charge in [-0.25, -0.2) is 4.79 Å². The van der Waals surface area contributed by atoms with Gasteiger partial charge in [0, 0.05) is 12.1 Å². The van der Waals surface area contributed by atoms with Crippen LogP contribution in [0.15, 0.2) is 42.5 Å². The summed E-state index contributed by atoms with van der Waals surface area (Å²) in [5.74, 6) is -1.51. The van der Waals surface area contributed by atoms with Gasteiger partial charge in [-0.2, -0.15) is 0 Å². The SMILES string of the molecule is COC(=O)c1cccc(COC(=O)CN2C(=O)COc3ccc([N+](=O)[O-])cc32)c1. The third-order valence-corrected chi connectivity index (χ3v) is 4.13. The molecule has 0 fully saturated rings. The topological polar surface area (TPSA) is 125 Å². The molecule has 2 aromatic carbocycles. The number of methoxy groups -OCH3 is 1. The predicted octanol–water partition coefficient (Wildman–Crippen LogP) is 1.85. The van der Waals surface area contributed by atoms with Crippen LogP contribution in [0, 0.1) is 10.1 Å². The highest BCUT2D eigenvalue weighted by molar-refractivity contribution is 6.01. The number of hydrogen-bond acceptors (Lipinski definition) is 8. The van der Waals surface area contributed by atoms with Crippen molar-refractivity contribution in [1.82, 2.24) is 0 Å². The molecule has 1 amide bonds. The summed E-state index contributed by atoms with van der Waals surface area (Å²) in [7, 11) is 1.26. The number of ether oxygens (including phenoxy) is 3. The fourth-order valence-electron chi connectivity index (χ4n) is 2.72. The molecule has 0 unspecified atom stereocenters. The van der Waals surface area contributed by atoms with E-state index >= 15 is 0 Å². The number of rotatable bonds is 6. The maximum atomic E-state index is 12.3. The Labute approximate surface area is 164 Å². The second-order valence-electron chi connectivity index (χ2n) is 6.03. The summed E-state index contributed by atoms with van der Waals surface area (Å²) >= 11 is 0. The average molecular weight is 400 g/mol. The molecule has 0 N–H and O–H groups in total. The van der Waals surface area contributed by atoms with E-state index in [-0.39, 0.29) is 30.3 Å². The second-order valence-corrected chi connectivity index (χ2v) is 6.03. The van der Waals surface area contributed by atoms with E-state index in [0.29, 0.717) is 11.1 Å². The molecular formula is C19H16N2O8. The van der Waals surface area contributed by atoms with E-state index in [1.165, 1.54) is 31.4 Å². The quantitative estimate of drug-likeness (QED) is 0.409. The van der Waals surface area contributed by atoms with E-state index in [1.54, 1.807) is 18.2 Å². The normalized spacial score (nSPS) is 12.6. The Morgan fingerprint density at radius 2 is 2.03 bits per heavy atom. The first-order valence-corrected chi connectivity index (χ1v) is 8.43. The molecule has 0 bridgehead atoms. The van der Waals surface area contributed by atoms with Crippen molar-refractivity contribution in [3.05, 3.63) is 63.7 Å². The van der Waals surface area contributed by atoms with E-state index in [1.807, 2.05) is 0 Å². The van der Waals surface area contributed by atoms with Crippen molar-refractivity contribution in [3.63, 3.8) is 0 Å². The van der Waals surface area contributed by atoms with Gasteiger partial charge in [-0.15, -0.1) is 0 Å². The summed E-state index contributed by atoms with van der Waals surface area (Å²) in [4.78, 5) is 47.5. The van der Waals surface area contributed by atoms with Crippen LogP contribution in [0.2, 0.25) is 0 Å². The lowest BCUT2D eigenvalue weighted by Gasteiger charge is -2.28.